The van der Waals surface area contributed by atoms with E-state index in [0.717, 1.165) is 23.1 Å². The molecule has 0 atom stereocenters. The van der Waals surface area contributed by atoms with Gasteiger partial charge in [-0.25, -0.2) is 0 Å². The molecule has 2 aromatic carbocycles. The zero-order chi connectivity index (χ0) is 17.8. The van der Waals surface area contributed by atoms with Gasteiger partial charge in [0, 0.05) is 11.8 Å². The van der Waals surface area contributed by atoms with Crippen molar-refractivity contribution in [3.8, 4) is 17.4 Å². The van der Waals surface area contributed by atoms with Gasteiger partial charge < -0.3 is 4.74 Å². The first-order chi connectivity index (χ1) is 12.8. The molecule has 2 aromatic heterocycles. The molecule has 4 aromatic rings. The molecule has 9 nitrogen and oxygen atoms in total. The molecule has 0 fully saturated rings. The van der Waals surface area contributed by atoms with E-state index < -0.39 is 0 Å². The number of benzene rings is 2. The second-order valence-corrected chi connectivity index (χ2v) is 6.44. The fraction of sp³-hybridized carbons (Fsp3) is 0. The van der Waals surface area contributed by atoms with Gasteiger partial charge in [-0.3, -0.25) is 0 Å². The third-order valence-corrected chi connectivity index (χ3v) is 4.25. The van der Waals surface area contributed by atoms with Gasteiger partial charge in [0.05, 0.1) is 11.4 Å². The molecule has 128 valence electrons. The summed E-state index contributed by atoms with van der Waals surface area (Å²) < 4.78 is 8.81. The highest BCUT2D eigenvalue weighted by atomic mass is 32.2. The van der Waals surface area contributed by atoms with E-state index in [9.17, 15) is 0 Å². The van der Waals surface area contributed by atoms with Gasteiger partial charge >= 0.3 is 6.01 Å². The molecule has 0 bridgehead atoms. The van der Waals surface area contributed by atoms with E-state index in [1.807, 2.05) is 60.7 Å². The molecular formula is C15H10N8OS2. The Balaban J connectivity index is 1.52. The fourth-order valence-corrected chi connectivity index (χ4v) is 2.99. The Morgan fingerprint density at radius 3 is 2.08 bits per heavy atom. The summed E-state index contributed by atoms with van der Waals surface area (Å²) in [5, 5.41) is 23.5. The average Bonchev–Trinajstić information content (AvgIpc) is 3.32. The smallest absolute Gasteiger partial charge is 0.347 e. The van der Waals surface area contributed by atoms with E-state index in [4.69, 9.17) is 17.0 Å². The van der Waals surface area contributed by atoms with Crippen molar-refractivity contribution in [2.24, 2.45) is 0 Å². The Morgan fingerprint density at radius 2 is 1.38 bits per heavy atom. The molecule has 2 heterocycles. The molecule has 0 radical (unpaired) electrons. The van der Waals surface area contributed by atoms with Crippen molar-refractivity contribution < 1.29 is 4.74 Å². The summed E-state index contributed by atoms with van der Waals surface area (Å²) in [6.07, 6.45) is 0. The van der Waals surface area contributed by atoms with Crippen LogP contribution >= 0.6 is 24.0 Å². The molecule has 0 aliphatic rings. The number of thiocarbonyl (C=S) groups is 1. The minimum atomic E-state index is 0.160. The van der Waals surface area contributed by atoms with E-state index in [1.54, 1.807) is 4.68 Å². The first-order valence-corrected chi connectivity index (χ1v) is 8.61. The molecule has 0 saturated carbocycles. The number of aromatic nitrogens is 8. The van der Waals surface area contributed by atoms with Gasteiger partial charge in [-0.05, 0) is 57.3 Å². The van der Waals surface area contributed by atoms with Crippen LogP contribution in [0.1, 0.15) is 0 Å². The molecule has 0 unspecified atom stereocenters. The van der Waals surface area contributed by atoms with Gasteiger partial charge in [0.25, 0.3) is 0 Å². The lowest BCUT2D eigenvalue weighted by molar-refractivity contribution is 0.505. The van der Waals surface area contributed by atoms with Crippen LogP contribution in [0.3, 0.4) is 0 Å². The molecule has 0 amide bonds. The molecule has 0 aliphatic carbocycles. The number of hydrogen-bond donors (Lipinski definition) is 0. The first-order valence-electron chi connectivity index (χ1n) is 7.38. The van der Waals surface area contributed by atoms with Crippen molar-refractivity contribution in [2.75, 3.05) is 0 Å². The van der Waals surface area contributed by atoms with E-state index in [0.29, 0.717) is 5.16 Å². The number of nitrogens with zero attached hydrogens (tertiary/aromatic N) is 8. The van der Waals surface area contributed by atoms with E-state index in [1.165, 1.54) is 4.68 Å². The van der Waals surface area contributed by atoms with Crippen LogP contribution in [0, 0.1) is 0 Å². The lowest BCUT2D eigenvalue weighted by Gasteiger charge is -2.06. The molecule has 0 aliphatic heterocycles. The molecule has 0 spiro atoms. The average molecular weight is 382 g/mol. The predicted molar refractivity (Wildman–Crippen MR) is 97.4 cm³/mol. The van der Waals surface area contributed by atoms with Crippen molar-refractivity contribution in [2.45, 2.75) is 5.16 Å². The Morgan fingerprint density at radius 1 is 0.808 bits per heavy atom. The summed E-state index contributed by atoms with van der Waals surface area (Å²) in [6, 6.07) is 19.0. The van der Waals surface area contributed by atoms with Crippen LogP contribution in [0.2, 0.25) is 0 Å². The molecular weight excluding hydrogens is 372 g/mol. The number of rotatable bonds is 4. The number of ether oxygens (including phenoxy) is 1. The highest BCUT2D eigenvalue weighted by molar-refractivity contribution is 8.22. The third kappa shape index (κ3) is 3.43. The van der Waals surface area contributed by atoms with Gasteiger partial charge in [0.1, 0.15) is 0 Å². The monoisotopic (exact) mass is 382 g/mol. The van der Waals surface area contributed by atoms with Crippen molar-refractivity contribution >= 4 is 28.4 Å². The fourth-order valence-electron chi connectivity index (χ4n) is 2.12. The van der Waals surface area contributed by atoms with E-state index in [-0.39, 0.29) is 10.4 Å². The van der Waals surface area contributed by atoms with Crippen LogP contribution in [-0.4, -0.2) is 44.8 Å². The van der Waals surface area contributed by atoms with Gasteiger partial charge in [-0.2, -0.15) is 9.36 Å². The highest BCUT2D eigenvalue weighted by Crippen LogP contribution is 2.22. The second kappa shape index (κ2) is 7.37. The van der Waals surface area contributed by atoms with Crippen LogP contribution in [0.5, 0.6) is 6.01 Å². The summed E-state index contributed by atoms with van der Waals surface area (Å²) in [5.41, 5.74) is 1.58. The minimum absolute atomic E-state index is 0.160. The van der Waals surface area contributed by atoms with E-state index >= 15 is 0 Å². The number of hydrogen-bond acceptors (Lipinski definition) is 9. The van der Waals surface area contributed by atoms with Crippen LogP contribution in [0.15, 0.2) is 65.8 Å². The summed E-state index contributed by atoms with van der Waals surface area (Å²) in [7, 11) is 0. The van der Waals surface area contributed by atoms with Crippen molar-refractivity contribution in [3.05, 3.63) is 60.7 Å². The SMILES string of the molecule is S=C(Oc1nnnn1-c1ccccc1)Sc1nnnn1-c1ccccc1. The standard InChI is InChI=1S/C15H10N8OS2/c25-15(24-13-16-18-20-22(13)11-7-3-1-4-8-11)26-14-17-19-21-23(14)12-9-5-2-6-10-12/h1-10H. The zero-order valence-electron chi connectivity index (χ0n) is 13.1. The predicted octanol–water partition coefficient (Wildman–Crippen LogP) is 2.09. The summed E-state index contributed by atoms with van der Waals surface area (Å²) in [5.74, 6) is 0. The minimum Gasteiger partial charge on any atom is -0.404 e. The van der Waals surface area contributed by atoms with Crippen LogP contribution < -0.4 is 4.74 Å². The maximum Gasteiger partial charge on any atom is 0.347 e. The Bertz CT molecular complexity index is 937. The summed E-state index contributed by atoms with van der Waals surface area (Å²) in [6.45, 7) is 0. The maximum absolute atomic E-state index is 5.62. The normalized spacial score (nSPS) is 10.6. The Labute approximate surface area is 157 Å². The topological polar surface area (TPSA) is 96.4 Å². The quantitative estimate of drug-likeness (QED) is 0.388. The zero-order valence-corrected chi connectivity index (χ0v) is 14.7. The second-order valence-electron chi connectivity index (χ2n) is 4.87. The third-order valence-electron chi connectivity index (χ3n) is 3.23. The van der Waals surface area contributed by atoms with Gasteiger partial charge in [-0.15, -0.1) is 5.10 Å². The number of tetrazole rings is 2. The molecule has 26 heavy (non-hydrogen) atoms. The number of thioether (sulfide) groups is 1. The van der Waals surface area contributed by atoms with E-state index in [2.05, 4.69) is 31.1 Å². The van der Waals surface area contributed by atoms with Gasteiger partial charge in [0.15, 0.2) is 0 Å². The van der Waals surface area contributed by atoms with Crippen LogP contribution in [0.25, 0.3) is 11.4 Å². The van der Waals surface area contributed by atoms with Crippen molar-refractivity contribution in [1.82, 2.24) is 40.4 Å². The van der Waals surface area contributed by atoms with Gasteiger partial charge in [0.2, 0.25) is 9.54 Å². The molecule has 4 rings (SSSR count). The lowest BCUT2D eigenvalue weighted by Crippen LogP contribution is -2.08. The first kappa shape index (κ1) is 16.3. The molecule has 0 N–H and O–H groups in total. The largest absolute Gasteiger partial charge is 0.404 e. The maximum atomic E-state index is 5.62. The van der Waals surface area contributed by atoms with Gasteiger partial charge in [-0.1, -0.05) is 41.5 Å². The number of para-hydroxylation sites is 2. The molecule has 11 heteroatoms. The van der Waals surface area contributed by atoms with Crippen molar-refractivity contribution in [1.29, 1.82) is 0 Å². The Kier molecular flexibility index (Phi) is 4.62. The highest BCUT2D eigenvalue weighted by Gasteiger charge is 2.16. The Hall–Kier alpha value is -3.18. The van der Waals surface area contributed by atoms with Crippen LogP contribution in [-0.2, 0) is 0 Å². The summed E-state index contributed by atoms with van der Waals surface area (Å²) in [4.78, 5) is 0. The summed E-state index contributed by atoms with van der Waals surface area (Å²) >= 11 is 6.39. The lowest BCUT2D eigenvalue weighted by atomic mass is 10.3. The van der Waals surface area contributed by atoms with Crippen LogP contribution in [0.4, 0.5) is 0 Å². The molecule has 0 saturated heterocycles. The van der Waals surface area contributed by atoms with Crippen molar-refractivity contribution in [3.63, 3.8) is 0 Å².